The fourth-order valence-corrected chi connectivity index (χ4v) is 3.48. The topological polar surface area (TPSA) is 59.8 Å². The first-order valence-electron chi connectivity index (χ1n) is 9.42. The van der Waals surface area contributed by atoms with Crippen LogP contribution in [0, 0.1) is 6.92 Å². The molecule has 3 aromatic rings. The summed E-state index contributed by atoms with van der Waals surface area (Å²) in [7, 11) is 0. The average Bonchev–Trinajstić information content (AvgIpc) is 3.41. The van der Waals surface area contributed by atoms with Crippen molar-refractivity contribution in [2.75, 3.05) is 5.32 Å². The number of hydrogen-bond donors (Lipinski definition) is 1. The second-order valence-electron chi connectivity index (χ2n) is 7.93. The molecule has 1 atom stereocenters. The van der Waals surface area contributed by atoms with E-state index in [9.17, 15) is 18.0 Å². The van der Waals surface area contributed by atoms with Gasteiger partial charge in [0.2, 0.25) is 0 Å². The van der Waals surface area contributed by atoms with Crippen molar-refractivity contribution in [1.29, 1.82) is 0 Å². The summed E-state index contributed by atoms with van der Waals surface area (Å²) >= 11 is 0. The first kappa shape index (κ1) is 19.4. The Morgan fingerprint density at radius 2 is 1.90 bits per heavy atom. The van der Waals surface area contributed by atoms with Gasteiger partial charge in [-0.3, -0.25) is 4.79 Å². The van der Waals surface area contributed by atoms with Crippen LogP contribution in [0.5, 0.6) is 0 Å². The van der Waals surface area contributed by atoms with E-state index in [1.54, 1.807) is 36.7 Å². The number of aryl methyl sites for hydroxylation is 1. The van der Waals surface area contributed by atoms with Gasteiger partial charge in [-0.1, -0.05) is 12.1 Å². The zero-order valence-electron chi connectivity index (χ0n) is 16.3. The van der Waals surface area contributed by atoms with E-state index in [0.29, 0.717) is 22.5 Å². The first-order chi connectivity index (χ1) is 13.6. The molecule has 0 saturated heterocycles. The number of aromatic nitrogens is 3. The van der Waals surface area contributed by atoms with Crippen molar-refractivity contribution < 1.29 is 13.2 Å². The van der Waals surface area contributed by atoms with Crippen molar-refractivity contribution >= 4 is 16.6 Å². The molecule has 0 bridgehead atoms. The lowest BCUT2D eigenvalue weighted by atomic mass is 10.0. The molecule has 29 heavy (non-hydrogen) atoms. The molecule has 1 aliphatic carbocycles. The largest absolute Gasteiger partial charge is 0.416 e. The molecule has 0 aliphatic heterocycles. The van der Waals surface area contributed by atoms with E-state index in [4.69, 9.17) is 0 Å². The highest BCUT2D eigenvalue weighted by Gasteiger charge is 2.40. The van der Waals surface area contributed by atoms with E-state index in [1.807, 2.05) is 6.92 Å². The third kappa shape index (κ3) is 3.59. The fourth-order valence-electron chi connectivity index (χ4n) is 3.48. The van der Waals surface area contributed by atoms with Crippen LogP contribution in [-0.4, -0.2) is 14.8 Å². The Labute approximate surface area is 165 Å². The Bertz CT molecular complexity index is 1150. The summed E-state index contributed by atoms with van der Waals surface area (Å²) in [5.41, 5.74) is 0.136. The maximum absolute atomic E-state index is 13.0. The molecule has 152 valence electrons. The Morgan fingerprint density at radius 3 is 2.55 bits per heavy atom. The minimum absolute atomic E-state index is 0.0922. The lowest BCUT2D eigenvalue weighted by Gasteiger charge is -2.19. The molecule has 0 unspecified atom stereocenters. The SMILES string of the molecule is Cc1nnc(N[C@H](C)c2cccc(C(F)(F)F)c2)c2cn(C3(C)CC3)c(=O)cc12. The van der Waals surface area contributed by atoms with Gasteiger partial charge in [-0.2, -0.15) is 18.3 Å². The highest BCUT2D eigenvalue weighted by Crippen LogP contribution is 2.42. The van der Waals surface area contributed by atoms with Gasteiger partial charge in [0.1, 0.15) is 0 Å². The number of anilines is 1. The lowest BCUT2D eigenvalue weighted by molar-refractivity contribution is -0.137. The predicted molar refractivity (Wildman–Crippen MR) is 105 cm³/mol. The average molecular weight is 402 g/mol. The minimum atomic E-state index is -4.40. The van der Waals surface area contributed by atoms with Gasteiger partial charge in [0, 0.05) is 28.6 Å². The van der Waals surface area contributed by atoms with Crippen molar-refractivity contribution in [2.24, 2.45) is 0 Å². The molecule has 2 aromatic heterocycles. The van der Waals surface area contributed by atoms with Gasteiger partial charge >= 0.3 is 6.18 Å². The van der Waals surface area contributed by atoms with Gasteiger partial charge in [-0.05, 0) is 51.3 Å². The van der Waals surface area contributed by atoms with Crippen molar-refractivity contribution in [3.05, 3.63) is 63.7 Å². The van der Waals surface area contributed by atoms with Crippen molar-refractivity contribution in [3.63, 3.8) is 0 Å². The van der Waals surface area contributed by atoms with Crippen LogP contribution in [0.3, 0.4) is 0 Å². The molecule has 5 nitrogen and oxygen atoms in total. The molecule has 0 amide bonds. The highest BCUT2D eigenvalue weighted by molar-refractivity contribution is 5.92. The summed E-state index contributed by atoms with van der Waals surface area (Å²) in [6.07, 6.45) is -0.756. The van der Waals surface area contributed by atoms with E-state index in [-0.39, 0.29) is 11.1 Å². The van der Waals surface area contributed by atoms with Crippen molar-refractivity contribution in [2.45, 2.75) is 51.4 Å². The first-order valence-corrected chi connectivity index (χ1v) is 9.42. The van der Waals surface area contributed by atoms with Crippen LogP contribution in [0.15, 0.2) is 41.3 Å². The van der Waals surface area contributed by atoms with Gasteiger partial charge in [0.05, 0.1) is 17.3 Å². The Kier molecular flexibility index (Phi) is 4.40. The van der Waals surface area contributed by atoms with E-state index >= 15 is 0 Å². The molecule has 1 N–H and O–H groups in total. The smallest absolute Gasteiger partial charge is 0.361 e. The van der Waals surface area contributed by atoms with Crippen LogP contribution in [0.1, 0.15) is 49.6 Å². The van der Waals surface area contributed by atoms with Gasteiger partial charge in [0.15, 0.2) is 5.82 Å². The molecule has 8 heteroatoms. The molecule has 0 radical (unpaired) electrons. The van der Waals surface area contributed by atoms with Gasteiger partial charge < -0.3 is 9.88 Å². The van der Waals surface area contributed by atoms with Gasteiger partial charge in [-0.15, -0.1) is 5.10 Å². The zero-order valence-corrected chi connectivity index (χ0v) is 16.3. The number of benzene rings is 1. The second-order valence-corrected chi connectivity index (χ2v) is 7.93. The lowest BCUT2D eigenvalue weighted by Crippen LogP contribution is -2.27. The Morgan fingerprint density at radius 1 is 1.17 bits per heavy atom. The summed E-state index contributed by atoms with van der Waals surface area (Å²) in [5, 5.41) is 12.9. The summed E-state index contributed by atoms with van der Waals surface area (Å²) < 4.78 is 40.8. The van der Waals surface area contributed by atoms with E-state index in [2.05, 4.69) is 15.5 Å². The molecular formula is C21H21F3N4O. The molecule has 2 heterocycles. The third-order valence-corrected chi connectivity index (χ3v) is 5.62. The van der Waals surface area contributed by atoms with Crippen LogP contribution in [0.25, 0.3) is 10.8 Å². The molecule has 1 fully saturated rings. The molecule has 1 saturated carbocycles. The number of alkyl halides is 3. The summed E-state index contributed by atoms with van der Waals surface area (Å²) in [6.45, 7) is 5.57. The number of fused-ring (bicyclic) bond motifs is 1. The number of nitrogens with one attached hydrogen (secondary N) is 1. The summed E-state index contributed by atoms with van der Waals surface area (Å²) in [5.74, 6) is 0.438. The van der Waals surface area contributed by atoms with Crippen LogP contribution in [0.2, 0.25) is 0 Å². The van der Waals surface area contributed by atoms with Gasteiger partial charge in [0.25, 0.3) is 5.56 Å². The Balaban J connectivity index is 1.75. The van der Waals surface area contributed by atoms with E-state index in [1.165, 1.54) is 6.07 Å². The molecule has 1 aromatic carbocycles. The van der Waals surface area contributed by atoms with E-state index < -0.39 is 17.8 Å². The number of pyridine rings is 1. The molecule has 4 rings (SSSR count). The van der Waals surface area contributed by atoms with Crippen molar-refractivity contribution in [1.82, 2.24) is 14.8 Å². The van der Waals surface area contributed by atoms with Crippen LogP contribution in [0.4, 0.5) is 19.0 Å². The number of hydrogen-bond acceptors (Lipinski definition) is 4. The molecule has 1 aliphatic rings. The maximum Gasteiger partial charge on any atom is 0.416 e. The van der Waals surface area contributed by atoms with Crippen LogP contribution in [-0.2, 0) is 11.7 Å². The zero-order chi connectivity index (χ0) is 21.0. The Hall–Kier alpha value is -2.90. The quantitative estimate of drug-likeness (QED) is 0.681. The highest BCUT2D eigenvalue weighted by atomic mass is 19.4. The normalized spacial score (nSPS) is 16.6. The monoisotopic (exact) mass is 402 g/mol. The van der Waals surface area contributed by atoms with Gasteiger partial charge in [-0.25, -0.2) is 0 Å². The number of nitrogens with zero attached hydrogens (tertiary/aromatic N) is 3. The predicted octanol–water partition coefficient (Wildman–Crippen LogP) is 4.80. The second kappa shape index (κ2) is 6.57. The summed E-state index contributed by atoms with van der Waals surface area (Å²) in [6, 6.07) is 6.32. The maximum atomic E-state index is 13.0. The van der Waals surface area contributed by atoms with Crippen LogP contribution >= 0.6 is 0 Å². The minimum Gasteiger partial charge on any atom is -0.361 e. The van der Waals surface area contributed by atoms with E-state index in [0.717, 1.165) is 30.4 Å². The molecule has 0 spiro atoms. The number of rotatable bonds is 4. The summed E-state index contributed by atoms with van der Waals surface area (Å²) in [4.78, 5) is 12.5. The third-order valence-electron chi connectivity index (χ3n) is 5.62. The fraction of sp³-hybridized carbons (Fsp3) is 0.381. The molecular weight excluding hydrogens is 381 g/mol. The van der Waals surface area contributed by atoms with Crippen LogP contribution < -0.4 is 10.9 Å². The number of halogens is 3. The van der Waals surface area contributed by atoms with Crippen molar-refractivity contribution in [3.8, 4) is 0 Å². The standard InChI is InChI=1S/C21H21F3N4O/c1-12(14-5-4-6-15(9-14)21(22,23)24)25-19-17-11-28(20(3)7-8-20)18(29)10-16(17)13(2)26-27-19/h4-6,9-12H,7-8H2,1-3H3,(H,25,27)/t12-/m1/s1.